The number of carbonyl (C=O) groups is 1. The fourth-order valence-electron chi connectivity index (χ4n) is 5.71. The summed E-state index contributed by atoms with van der Waals surface area (Å²) in [5, 5.41) is 4.27. The molecule has 0 saturated heterocycles. The average molecular weight is 596 g/mol. The highest BCUT2D eigenvalue weighted by Crippen LogP contribution is 2.36. The zero-order valence-corrected chi connectivity index (χ0v) is 25.4. The van der Waals surface area contributed by atoms with E-state index in [9.17, 15) is 4.79 Å². The van der Waals surface area contributed by atoms with Gasteiger partial charge < -0.3 is 19.4 Å². The van der Waals surface area contributed by atoms with E-state index >= 15 is 0 Å². The van der Waals surface area contributed by atoms with Crippen LogP contribution in [0.1, 0.15) is 40.3 Å². The highest BCUT2D eigenvalue weighted by atomic mass is 16.5. The number of para-hydroxylation sites is 1. The van der Waals surface area contributed by atoms with Crippen LogP contribution in [-0.2, 0) is 24.4 Å². The van der Waals surface area contributed by atoms with E-state index in [4.69, 9.17) is 9.47 Å². The summed E-state index contributed by atoms with van der Waals surface area (Å²) < 4.78 is 13.8. The van der Waals surface area contributed by atoms with Gasteiger partial charge in [0.2, 0.25) is 5.91 Å². The van der Waals surface area contributed by atoms with Crippen molar-refractivity contribution in [2.75, 3.05) is 13.7 Å². The highest BCUT2D eigenvalue weighted by Gasteiger charge is 2.23. The van der Waals surface area contributed by atoms with Crippen molar-refractivity contribution in [2.45, 2.75) is 31.9 Å². The fraction of sp³-hybridized carbons (Fsp3) is 0.179. The number of benzene rings is 4. The predicted octanol–water partition coefficient (Wildman–Crippen LogP) is 7.55. The molecule has 2 aromatic heterocycles. The summed E-state index contributed by atoms with van der Waals surface area (Å²) in [6.45, 7) is 1.71. The summed E-state index contributed by atoms with van der Waals surface area (Å²) in [4.78, 5) is 17.9. The molecular weight excluding hydrogens is 558 g/mol. The normalized spacial score (nSPS) is 11.7. The number of methoxy groups -OCH3 is 1. The lowest BCUT2D eigenvalue weighted by molar-refractivity contribution is -0.121. The second kappa shape index (κ2) is 14.4. The minimum absolute atomic E-state index is 0.00137. The second-order valence-corrected chi connectivity index (χ2v) is 11.1. The van der Waals surface area contributed by atoms with E-state index in [1.165, 1.54) is 5.56 Å². The Hall–Kier alpha value is -5.36. The molecule has 0 aliphatic heterocycles. The van der Waals surface area contributed by atoms with Gasteiger partial charge in [-0.1, -0.05) is 78.9 Å². The third kappa shape index (κ3) is 7.60. The molecule has 1 N–H and O–H groups in total. The lowest BCUT2D eigenvalue weighted by Gasteiger charge is -2.18. The maximum Gasteiger partial charge on any atom is 0.220 e. The van der Waals surface area contributed by atoms with Crippen LogP contribution in [0.2, 0.25) is 0 Å². The molecule has 0 radical (unpaired) electrons. The van der Waals surface area contributed by atoms with Crippen LogP contribution in [0.3, 0.4) is 0 Å². The van der Waals surface area contributed by atoms with Crippen LogP contribution in [0.15, 0.2) is 134 Å². The molecule has 1 amide bonds. The monoisotopic (exact) mass is 595 g/mol. The molecule has 0 saturated carbocycles. The van der Waals surface area contributed by atoms with Gasteiger partial charge in [0.1, 0.15) is 18.1 Å². The zero-order valence-electron chi connectivity index (χ0n) is 25.4. The molecule has 45 heavy (non-hydrogen) atoms. The molecule has 6 aromatic rings. The molecule has 6 heteroatoms. The van der Waals surface area contributed by atoms with Crippen LogP contribution in [-0.4, -0.2) is 29.1 Å². The van der Waals surface area contributed by atoms with Crippen LogP contribution >= 0.6 is 0 Å². The van der Waals surface area contributed by atoms with Crippen molar-refractivity contribution in [1.82, 2.24) is 14.9 Å². The lowest BCUT2D eigenvalue weighted by atomic mass is 9.88. The first-order valence-electron chi connectivity index (χ1n) is 15.3. The Kier molecular flexibility index (Phi) is 9.51. The Bertz CT molecular complexity index is 1830. The highest BCUT2D eigenvalue weighted by molar-refractivity contribution is 5.87. The van der Waals surface area contributed by atoms with Gasteiger partial charge in [-0.25, -0.2) is 0 Å². The van der Waals surface area contributed by atoms with Crippen LogP contribution in [0.4, 0.5) is 0 Å². The maximum absolute atomic E-state index is 13.5. The fourth-order valence-corrected chi connectivity index (χ4v) is 5.71. The zero-order chi connectivity index (χ0) is 30.8. The van der Waals surface area contributed by atoms with Crippen LogP contribution in [0, 0.1) is 0 Å². The molecule has 0 unspecified atom stereocenters. The third-order valence-electron chi connectivity index (χ3n) is 8.03. The van der Waals surface area contributed by atoms with Gasteiger partial charge in [-0.05, 0) is 64.7 Å². The molecule has 6 nitrogen and oxygen atoms in total. The molecule has 0 fully saturated rings. The first-order valence-corrected chi connectivity index (χ1v) is 15.3. The largest absolute Gasteiger partial charge is 0.497 e. The summed E-state index contributed by atoms with van der Waals surface area (Å²) in [5.74, 6) is 1.43. The molecule has 0 aliphatic rings. The van der Waals surface area contributed by atoms with Gasteiger partial charge in [-0.3, -0.25) is 9.78 Å². The number of amides is 1. The molecule has 4 aromatic carbocycles. The van der Waals surface area contributed by atoms with Crippen molar-refractivity contribution in [1.29, 1.82) is 0 Å². The van der Waals surface area contributed by atoms with Gasteiger partial charge in [0.05, 0.1) is 7.11 Å². The Balaban J connectivity index is 1.30. The lowest BCUT2D eigenvalue weighted by Crippen LogP contribution is -2.27. The minimum Gasteiger partial charge on any atom is -0.497 e. The van der Waals surface area contributed by atoms with Crippen molar-refractivity contribution in [3.8, 4) is 11.5 Å². The number of hydrogen-bond acceptors (Lipinski definition) is 4. The first kappa shape index (κ1) is 29.7. The topological polar surface area (TPSA) is 65.4 Å². The Morgan fingerprint density at radius 1 is 0.822 bits per heavy atom. The van der Waals surface area contributed by atoms with Crippen molar-refractivity contribution in [2.24, 2.45) is 0 Å². The number of nitrogens with one attached hydrogen (secondary N) is 1. The van der Waals surface area contributed by atoms with Gasteiger partial charge in [0.15, 0.2) is 0 Å². The smallest absolute Gasteiger partial charge is 0.220 e. The number of hydrogen-bond donors (Lipinski definition) is 1. The summed E-state index contributed by atoms with van der Waals surface area (Å²) in [6.07, 6.45) is 4.97. The van der Waals surface area contributed by atoms with E-state index in [1.807, 2.05) is 60.7 Å². The molecule has 0 bridgehead atoms. The van der Waals surface area contributed by atoms with E-state index in [-0.39, 0.29) is 11.8 Å². The van der Waals surface area contributed by atoms with Crippen LogP contribution < -0.4 is 14.8 Å². The molecule has 226 valence electrons. The number of rotatable bonds is 13. The van der Waals surface area contributed by atoms with Crippen LogP contribution in [0.25, 0.3) is 10.9 Å². The SMILES string of the molecule is COc1ccc(Cn2cc([C@@H](CC(=O)NCCc3ccccn3)c3cccc(OCc4ccccc4)c3)c3ccccc32)cc1. The van der Waals surface area contributed by atoms with Gasteiger partial charge in [-0.15, -0.1) is 0 Å². The average Bonchev–Trinajstić information content (AvgIpc) is 3.45. The summed E-state index contributed by atoms with van der Waals surface area (Å²) in [5.41, 5.74) is 6.50. The van der Waals surface area contributed by atoms with Crippen molar-refractivity contribution in [3.05, 3.63) is 162 Å². The number of nitrogens with zero attached hydrogens (tertiary/aromatic N) is 2. The molecular formula is C39H37N3O3. The maximum atomic E-state index is 13.5. The molecule has 0 spiro atoms. The summed E-state index contributed by atoms with van der Waals surface area (Å²) in [6, 6.07) is 40.7. The second-order valence-electron chi connectivity index (χ2n) is 11.1. The van der Waals surface area contributed by atoms with Crippen molar-refractivity contribution in [3.63, 3.8) is 0 Å². The van der Waals surface area contributed by atoms with Crippen LogP contribution in [0.5, 0.6) is 11.5 Å². The summed E-state index contributed by atoms with van der Waals surface area (Å²) >= 11 is 0. The Morgan fingerprint density at radius 3 is 2.42 bits per heavy atom. The van der Waals surface area contributed by atoms with E-state index in [0.29, 0.717) is 32.5 Å². The number of ether oxygens (including phenoxy) is 2. The summed E-state index contributed by atoms with van der Waals surface area (Å²) in [7, 11) is 1.68. The number of fused-ring (bicyclic) bond motifs is 1. The quantitative estimate of drug-likeness (QED) is 0.150. The first-order chi connectivity index (χ1) is 22.2. The van der Waals surface area contributed by atoms with E-state index in [1.54, 1.807) is 13.3 Å². The molecule has 1 atom stereocenters. The van der Waals surface area contributed by atoms with Gasteiger partial charge in [0.25, 0.3) is 0 Å². The third-order valence-corrected chi connectivity index (χ3v) is 8.03. The Labute approximate surface area is 264 Å². The van der Waals surface area contributed by atoms with Crippen molar-refractivity contribution >= 4 is 16.8 Å². The van der Waals surface area contributed by atoms with Crippen molar-refractivity contribution < 1.29 is 14.3 Å². The van der Waals surface area contributed by atoms with E-state index in [2.05, 4.69) is 81.7 Å². The van der Waals surface area contributed by atoms with Gasteiger partial charge in [0, 0.05) is 60.8 Å². The standard InChI is InChI=1S/C39H37N3O3/c1-44-33-19-17-29(18-20-33)26-42-27-37(35-15-5-6-16-38(35)42)36(25-39(43)41-23-21-32-13-7-8-22-40-32)31-12-9-14-34(24-31)45-28-30-10-3-2-4-11-30/h2-20,22,24,27,36H,21,23,25-26,28H2,1H3,(H,41,43)/t36-/m0/s1. The molecule has 2 heterocycles. The molecule has 0 aliphatic carbocycles. The van der Waals surface area contributed by atoms with E-state index < -0.39 is 0 Å². The Morgan fingerprint density at radius 2 is 1.62 bits per heavy atom. The van der Waals surface area contributed by atoms with E-state index in [0.717, 1.165) is 44.8 Å². The number of aromatic nitrogens is 2. The number of pyridine rings is 1. The van der Waals surface area contributed by atoms with Gasteiger partial charge >= 0.3 is 0 Å². The van der Waals surface area contributed by atoms with Gasteiger partial charge in [-0.2, -0.15) is 0 Å². The predicted molar refractivity (Wildman–Crippen MR) is 179 cm³/mol. The molecule has 6 rings (SSSR count). The minimum atomic E-state index is -0.179. The number of carbonyl (C=O) groups excluding carboxylic acids is 1.